The van der Waals surface area contributed by atoms with Crippen LogP contribution in [0.2, 0.25) is 0 Å². The molecule has 1 aliphatic heterocycles. The molecule has 0 unspecified atom stereocenters. The van der Waals surface area contributed by atoms with E-state index in [1.54, 1.807) is 0 Å². The second kappa shape index (κ2) is 7.10. The second-order valence-electron chi connectivity index (χ2n) is 5.42. The quantitative estimate of drug-likeness (QED) is 0.674. The van der Waals surface area contributed by atoms with Crippen LogP contribution < -0.4 is 10.6 Å². The number of nitrogens with one attached hydrogen (secondary N) is 3. The molecular weight excluding hydrogens is 299 g/mol. The number of alkyl halides is 3. The van der Waals surface area contributed by atoms with Gasteiger partial charge in [-0.3, -0.25) is 14.8 Å². The first-order chi connectivity index (χ1) is 10.4. The summed E-state index contributed by atoms with van der Waals surface area (Å²) in [5, 5.41) is 12.8. The van der Waals surface area contributed by atoms with Gasteiger partial charge in [-0.05, 0) is 20.0 Å². The van der Waals surface area contributed by atoms with E-state index in [1.165, 1.54) is 11.9 Å². The number of rotatable bonds is 6. The van der Waals surface area contributed by atoms with Gasteiger partial charge in [0, 0.05) is 37.3 Å². The number of H-pyrrole nitrogens is 1. The highest BCUT2D eigenvalue weighted by molar-refractivity contribution is 5.94. The highest BCUT2D eigenvalue weighted by atomic mass is 19.4. The number of carbonyl (C=O) groups is 1. The normalized spacial score (nSPS) is 15.0. The fraction of sp³-hybridized carbons (Fsp3) is 0.692. The van der Waals surface area contributed by atoms with Gasteiger partial charge in [0.05, 0.1) is 6.54 Å². The lowest BCUT2D eigenvalue weighted by Crippen LogP contribution is -2.34. The van der Waals surface area contributed by atoms with Crippen LogP contribution in [-0.4, -0.2) is 60.4 Å². The van der Waals surface area contributed by atoms with Crippen LogP contribution in [0, 0.1) is 0 Å². The van der Waals surface area contributed by atoms with E-state index in [-0.39, 0.29) is 12.5 Å². The highest BCUT2D eigenvalue weighted by Crippen LogP contribution is 2.16. The van der Waals surface area contributed by atoms with Gasteiger partial charge in [-0.25, -0.2) is 0 Å². The van der Waals surface area contributed by atoms with Gasteiger partial charge in [-0.1, -0.05) is 0 Å². The van der Waals surface area contributed by atoms with Crippen molar-refractivity contribution in [2.45, 2.75) is 25.6 Å². The maximum atomic E-state index is 12.2. The van der Waals surface area contributed by atoms with Gasteiger partial charge in [0.25, 0.3) is 5.91 Å². The molecule has 0 bridgehead atoms. The fourth-order valence-corrected chi connectivity index (χ4v) is 2.43. The number of carbonyl (C=O) groups excluding carboxylic acids is 1. The van der Waals surface area contributed by atoms with Crippen molar-refractivity contribution in [2.24, 2.45) is 0 Å². The summed E-state index contributed by atoms with van der Waals surface area (Å²) in [6.45, 7) is 1.08. The molecule has 0 saturated heterocycles. The molecule has 0 atom stereocenters. The fourth-order valence-electron chi connectivity index (χ4n) is 2.43. The minimum atomic E-state index is -4.20. The molecular formula is C13H20F3N5O. The molecule has 0 radical (unpaired) electrons. The predicted octanol–water partition coefficient (Wildman–Crippen LogP) is 0.669. The van der Waals surface area contributed by atoms with Crippen LogP contribution in [-0.2, 0) is 13.0 Å². The average Bonchev–Trinajstić information content (AvgIpc) is 2.85. The lowest BCUT2D eigenvalue weighted by Gasteiger charge is -2.18. The molecule has 124 valence electrons. The zero-order valence-electron chi connectivity index (χ0n) is 12.4. The van der Waals surface area contributed by atoms with Gasteiger partial charge < -0.3 is 10.6 Å². The van der Waals surface area contributed by atoms with Crippen LogP contribution in [0.3, 0.4) is 0 Å². The van der Waals surface area contributed by atoms with E-state index >= 15 is 0 Å². The van der Waals surface area contributed by atoms with Crippen LogP contribution in [0.15, 0.2) is 0 Å². The molecule has 6 nitrogen and oxygen atoms in total. The molecule has 2 rings (SSSR count). The first kappa shape index (κ1) is 16.8. The monoisotopic (exact) mass is 319 g/mol. The predicted molar refractivity (Wildman–Crippen MR) is 74.5 cm³/mol. The molecule has 3 N–H and O–H groups in total. The summed E-state index contributed by atoms with van der Waals surface area (Å²) in [4.78, 5) is 13.2. The minimum absolute atomic E-state index is 0.264. The van der Waals surface area contributed by atoms with Crippen LogP contribution in [0.5, 0.6) is 0 Å². The number of nitrogens with zero attached hydrogens (tertiary/aromatic N) is 2. The Labute approximate surface area is 126 Å². The Hall–Kier alpha value is -1.61. The summed E-state index contributed by atoms with van der Waals surface area (Å²) in [5.74, 6) is -0.292. The second-order valence-corrected chi connectivity index (χ2v) is 5.42. The van der Waals surface area contributed by atoms with E-state index in [0.29, 0.717) is 25.2 Å². The first-order valence-electron chi connectivity index (χ1n) is 7.17. The summed E-state index contributed by atoms with van der Waals surface area (Å²) < 4.78 is 36.5. The molecule has 1 aliphatic rings. The Bertz CT molecular complexity index is 514. The number of halogens is 3. The summed E-state index contributed by atoms with van der Waals surface area (Å²) in [7, 11) is 1.41. The molecule has 0 aromatic carbocycles. The lowest BCUT2D eigenvalue weighted by molar-refractivity contribution is -0.143. The number of hydrogen-bond acceptors (Lipinski definition) is 4. The van der Waals surface area contributed by atoms with Gasteiger partial charge in [0.15, 0.2) is 5.69 Å². The highest BCUT2D eigenvalue weighted by Gasteiger charge is 2.28. The third-order valence-corrected chi connectivity index (χ3v) is 3.47. The number of aromatic nitrogens is 2. The molecule has 2 heterocycles. The van der Waals surface area contributed by atoms with E-state index in [2.05, 4.69) is 20.8 Å². The first-order valence-corrected chi connectivity index (χ1v) is 7.17. The maximum Gasteiger partial charge on any atom is 0.401 e. The Morgan fingerprint density at radius 3 is 2.95 bits per heavy atom. The molecule has 0 fully saturated rings. The topological polar surface area (TPSA) is 73.0 Å². The molecule has 0 aliphatic carbocycles. The van der Waals surface area contributed by atoms with Gasteiger partial charge >= 0.3 is 6.18 Å². The summed E-state index contributed by atoms with van der Waals surface area (Å²) in [6.07, 6.45) is -2.94. The molecule has 1 aromatic rings. The van der Waals surface area contributed by atoms with Gasteiger partial charge in [-0.2, -0.15) is 18.3 Å². The van der Waals surface area contributed by atoms with Crippen molar-refractivity contribution in [3.05, 3.63) is 17.0 Å². The van der Waals surface area contributed by atoms with Crippen LogP contribution in [0.4, 0.5) is 13.2 Å². The zero-order valence-corrected chi connectivity index (χ0v) is 12.4. The van der Waals surface area contributed by atoms with Crippen molar-refractivity contribution in [1.82, 2.24) is 25.7 Å². The van der Waals surface area contributed by atoms with E-state index in [9.17, 15) is 18.0 Å². The molecule has 1 amide bonds. The third kappa shape index (κ3) is 4.70. The van der Waals surface area contributed by atoms with Crippen LogP contribution in [0.1, 0.15) is 28.2 Å². The van der Waals surface area contributed by atoms with Gasteiger partial charge in [0.1, 0.15) is 0 Å². The van der Waals surface area contributed by atoms with E-state index in [1.807, 2.05) is 0 Å². The molecule has 9 heteroatoms. The Morgan fingerprint density at radius 2 is 2.23 bits per heavy atom. The van der Waals surface area contributed by atoms with Crippen molar-refractivity contribution in [1.29, 1.82) is 0 Å². The van der Waals surface area contributed by atoms with E-state index in [0.717, 1.165) is 24.2 Å². The minimum Gasteiger partial charge on any atom is -0.351 e. The molecule has 22 heavy (non-hydrogen) atoms. The molecule has 1 aromatic heterocycles. The van der Waals surface area contributed by atoms with Crippen molar-refractivity contribution in [2.75, 3.05) is 33.2 Å². The SMILES string of the molecule is CN(CCCNC(=O)c1n[nH]c2c1CNCC2)CC(F)(F)F. The summed E-state index contributed by atoms with van der Waals surface area (Å²) in [5.41, 5.74) is 2.21. The third-order valence-electron chi connectivity index (χ3n) is 3.47. The van der Waals surface area contributed by atoms with Crippen molar-refractivity contribution in [3.8, 4) is 0 Å². The van der Waals surface area contributed by atoms with E-state index in [4.69, 9.17) is 0 Å². The maximum absolute atomic E-state index is 12.2. The van der Waals surface area contributed by atoms with E-state index < -0.39 is 12.7 Å². The smallest absolute Gasteiger partial charge is 0.351 e. The molecule has 0 saturated carbocycles. The Balaban J connectivity index is 1.73. The average molecular weight is 319 g/mol. The van der Waals surface area contributed by atoms with Crippen molar-refractivity contribution < 1.29 is 18.0 Å². The number of fused-ring (bicyclic) bond motifs is 1. The largest absolute Gasteiger partial charge is 0.401 e. The van der Waals surface area contributed by atoms with Crippen LogP contribution >= 0.6 is 0 Å². The van der Waals surface area contributed by atoms with Gasteiger partial charge in [0.2, 0.25) is 0 Å². The zero-order chi connectivity index (χ0) is 16.2. The number of hydrogen-bond donors (Lipinski definition) is 3. The van der Waals surface area contributed by atoms with Crippen molar-refractivity contribution in [3.63, 3.8) is 0 Å². The standard InChI is InChI=1S/C13H20F3N5O/c1-21(8-13(14,15)16)6-2-4-18-12(22)11-9-7-17-5-3-10(9)19-20-11/h17H,2-8H2,1H3,(H,18,22)(H,19,20). The van der Waals surface area contributed by atoms with Crippen molar-refractivity contribution >= 4 is 5.91 Å². The summed E-state index contributed by atoms with van der Waals surface area (Å²) in [6, 6.07) is 0. The molecule has 0 spiro atoms. The van der Waals surface area contributed by atoms with Gasteiger partial charge in [-0.15, -0.1) is 0 Å². The summed E-state index contributed by atoms with van der Waals surface area (Å²) >= 11 is 0. The Kier molecular flexibility index (Phi) is 5.41. The van der Waals surface area contributed by atoms with Crippen LogP contribution in [0.25, 0.3) is 0 Å². The lowest BCUT2D eigenvalue weighted by atomic mass is 10.1. The number of amides is 1. The Morgan fingerprint density at radius 1 is 1.45 bits per heavy atom. The number of aromatic amines is 1.